The fourth-order valence-corrected chi connectivity index (χ4v) is 12.6. The van der Waals surface area contributed by atoms with Gasteiger partial charge in [0.05, 0.1) is 13.2 Å². The van der Waals surface area contributed by atoms with Gasteiger partial charge >= 0.3 is 37.7 Å². The zero-order valence-corrected chi connectivity index (χ0v) is 59.0. The number of hydrogen-bond acceptors (Lipinski definition) is 8. The second-order valence-electron chi connectivity index (χ2n) is 25.4. The first kappa shape index (κ1) is 86.2. The predicted molar refractivity (Wildman–Crippen MR) is 353 cm³/mol. The molecule has 0 aromatic rings. The van der Waals surface area contributed by atoms with Crippen molar-refractivity contribution in [2.45, 2.75) is 426 Å². The van der Waals surface area contributed by atoms with Crippen LogP contribution in [-0.2, 0) is 29.2 Å². The second kappa shape index (κ2) is 71.8. The van der Waals surface area contributed by atoms with Crippen molar-refractivity contribution in [1.29, 1.82) is 0 Å². The van der Waals surface area contributed by atoms with Gasteiger partial charge in [-0.1, -0.05) is 400 Å². The largest absolute Gasteiger partial charge is 2.00 e. The fraction of sp³-hybridized carbons (Fsp3) is 1.00. The standard InChI is InChI=1S/2C35H72O4S.Ca/c2*1-3-5-7-9-11-13-15-16-17-18-19-20-21-23-25-27-29-31-33-35(34-39-40(36,37)38)32-30-28-26-24-22-14-12-10-8-6-4-2;/h2*35H,3-34H2,1-2H3,(H,36,37,38);/q;;+2/p-2. The van der Waals surface area contributed by atoms with Crippen LogP contribution in [0.3, 0.4) is 0 Å². The first-order chi connectivity index (χ1) is 39.0. The molecule has 0 aromatic heterocycles. The van der Waals surface area contributed by atoms with E-state index in [1.807, 2.05) is 0 Å². The first-order valence-electron chi connectivity index (χ1n) is 36.2. The summed E-state index contributed by atoms with van der Waals surface area (Å²) in [5.41, 5.74) is 0. The van der Waals surface area contributed by atoms with Gasteiger partial charge in [-0.15, -0.1) is 0 Å². The van der Waals surface area contributed by atoms with Gasteiger partial charge in [0.1, 0.15) is 0 Å². The molecule has 0 saturated heterocycles. The van der Waals surface area contributed by atoms with Crippen molar-refractivity contribution in [3.05, 3.63) is 0 Å². The minimum atomic E-state index is -4.59. The molecule has 81 heavy (non-hydrogen) atoms. The summed E-state index contributed by atoms with van der Waals surface area (Å²) in [7, 11) is -9.17. The van der Waals surface area contributed by atoms with E-state index in [1.165, 1.54) is 347 Å². The number of rotatable bonds is 68. The maximum Gasteiger partial charge on any atom is 2.00 e. The van der Waals surface area contributed by atoms with E-state index >= 15 is 0 Å². The molecule has 8 nitrogen and oxygen atoms in total. The molecule has 0 heterocycles. The van der Waals surface area contributed by atoms with Crippen LogP contribution in [0.4, 0.5) is 0 Å². The molecular weight excluding hydrogens is 1070 g/mol. The van der Waals surface area contributed by atoms with Crippen molar-refractivity contribution in [3.8, 4) is 0 Å². The summed E-state index contributed by atoms with van der Waals surface area (Å²) in [4.78, 5) is 0. The van der Waals surface area contributed by atoms with Crippen LogP contribution in [0.2, 0.25) is 0 Å². The van der Waals surface area contributed by atoms with Gasteiger partial charge in [0.25, 0.3) is 0 Å². The molecule has 0 aliphatic heterocycles. The molecule has 11 heteroatoms. The van der Waals surface area contributed by atoms with Crippen molar-refractivity contribution in [2.75, 3.05) is 13.2 Å². The Balaban J connectivity index is -0.00000148. The topological polar surface area (TPSA) is 133 Å². The third-order valence-corrected chi connectivity index (χ3v) is 18.1. The number of hydrogen-bond donors (Lipinski definition) is 0. The van der Waals surface area contributed by atoms with Gasteiger partial charge in [0, 0.05) is 0 Å². The third-order valence-electron chi connectivity index (χ3n) is 17.3. The molecule has 484 valence electrons. The van der Waals surface area contributed by atoms with Gasteiger partial charge in [0.15, 0.2) is 0 Å². The molecule has 0 N–H and O–H groups in total. The molecule has 0 saturated carbocycles. The maximum absolute atomic E-state index is 11.0. The van der Waals surface area contributed by atoms with E-state index in [0.29, 0.717) is 0 Å². The van der Waals surface area contributed by atoms with Crippen molar-refractivity contribution >= 4 is 58.5 Å². The van der Waals surface area contributed by atoms with Crippen LogP contribution in [-0.4, -0.2) is 76.9 Å². The second-order valence-corrected chi connectivity index (χ2v) is 27.5. The van der Waals surface area contributed by atoms with Gasteiger partial charge in [-0.05, 0) is 37.5 Å². The van der Waals surface area contributed by atoms with Crippen LogP contribution in [0.1, 0.15) is 426 Å². The zero-order chi connectivity index (χ0) is 58.8. The molecule has 2 unspecified atom stereocenters. The van der Waals surface area contributed by atoms with E-state index < -0.39 is 20.8 Å². The van der Waals surface area contributed by atoms with E-state index in [4.69, 9.17) is 0 Å². The van der Waals surface area contributed by atoms with Crippen LogP contribution in [0.5, 0.6) is 0 Å². The maximum atomic E-state index is 11.0. The summed E-state index contributed by atoms with van der Waals surface area (Å²) in [6.07, 6.45) is 82.0. The monoisotopic (exact) mass is 1210 g/mol. The van der Waals surface area contributed by atoms with Crippen molar-refractivity contribution in [1.82, 2.24) is 0 Å². The molecule has 0 spiro atoms. The third kappa shape index (κ3) is 81.0. The summed E-state index contributed by atoms with van der Waals surface area (Å²) in [6.45, 7) is 9.24. The predicted octanol–water partition coefficient (Wildman–Crippen LogP) is 24.0. The Labute approximate surface area is 539 Å². The van der Waals surface area contributed by atoms with E-state index in [9.17, 15) is 25.9 Å². The van der Waals surface area contributed by atoms with E-state index in [-0.39, 0.29) is 62.8 Å². The number of unbranched alkanes of at least 4 members (excludes halogenated alkanes) is 54. The summed E-state index contributed by atoms with van der Waals surface area (Å²) in [5.74, 6) is 0.395. The molecule has 0 aliphatic rings. The molecule has 0 aliphatic carbocycles. The van der Waals surface area contributed by atoms with Crippen molar-refractivity contribution in [3.63, 3.8) is 0 Å². The average Bonchev–Trinajstić information content (AvgIpc) is 3.43. The van der Waals surface area contributed by atoms with Crippen LogP contribution in [0.15, 0.2) is 0 Å². The van der Waals surface area contributed by atoms with Crippen molar-refractivity contribution < 1.29 is 34.3 Å². The Morgan fingerprint density at radius 3 is 0.444 bits per heavy atom. The van der Waals surface area contributed by atoms with Crippen LogP contribution in [0.25, 0.3) is 0 Å². The van der Waals surface area contributed by atoms with E-state index in [1.54, 1.807) is 0 Å². The molecule has 0 radical (unpaired) electrons. The first-order valence-corrected chi connectivity index (χ1v) is 38.9. The Hall–Kier alpha value is 1.000. The Kier molecular flexibility index (Phi) is 76.4. The van der Waals surface area contributed by atoms with Gasteiger partial charge < -0.3 is 9.11 Å². The van der Waals surface area contributed by atoms with Crippen LogP contribution >= 0.6 is 0 Å². The summed E-state index contributed by atoms with van der Waals surface area (Å²) in [6, 6.07) is 0. The minimum absolute atomic E-state index is 0. The van der Waals surface area contributed by atoms with E-state index in [2.05, 4.69) is 36.1 Å². The molecule has 0 amide bonds. The van der Waals surface area contributed by atoms with Gasteiger partial charge in [-0.25, -0.2) is 16.8 Å². The summed E-state index contributed by atoms with van der Waals surface area (Å²) in [5, 5.41) is 0. The van der Waals surface area contributed by atoms with Gasteiger partial charge in [-0.2, -0.15) is 0 Å². The van der Waals surface area contributed by atoms with Gasteiger partial charge in [-0.3, -0.25) is 8.37 Å². The molecule has 0 bridgehead atoms. The molecule has 2 atom stereocenters. The minimum Gasteiger partial charge on any atom is -0.726 e. The molecule has 0 rings (SSSR count). The summed E-state index contributed by atoms with van der Waals surface area (Å²) < 4.78 is 75.0. The Morgan fingerprint density at radius 1 is 0.222 bits per heavy atom. The fourth-order valence-electron chi connectivity index (χ4n) is 11.8. The SMILES string of the molecule is CCCCCCCCCCCCCCCCCCCCC(CCCCCCCCCCCCC)COS(=O)(=O)[O-].CCCCCCCCCCCCCCCCCCCCC(CCCCCCCCCCCCC)COS(=O)(=O)[O-].[Ca+2]. The zero-order valence-electron chi connectivity index (χ0n) is 55.2. The van der Waals surface area contributed by atoms with Crippen LogP contribution < -0.4 is 0 Å². The van der Waals surface area contributed by atoms with Gasteiger partial charge in [0.2, 0.25) is 20.8 Å². The average molecular weight is 1220 g/mol. The normalized spacial score (nSPS) is 12.6. The molecular formula is C70H142CaO8S2. The Bertz CT molecular complexity index is 1270. The van der Waals surface area contributed by atoms with E-state index in [0.717, 1.165) is 51.4 Å². The smallest absolute Gasteiger partial charge is 0.726 e. The summed E-state index contributed by atoms with van der Waals surface area (Å²) >= 11 is 0. The Morgan fingerprint density at radius 2 is 0.333 bits per heavy atom. The molecule has 0 aromatic carbocycles. The van der Waals surface area contributed by atoms with Crippen molar-refractivity contribution in [2.24, 2.45) is 11.8 Å². The molecule has 0 fully saturated rings. The quantitative estimate of drug-likeness (QED) is 0.0254. The van der Waals surface area contributed by atoms with Crippen LogP contribution in [0, 0.1) is 11.8 Å².